The Kier molecular flexibility index (Phi) is 5.41. The third-order valence-corrected chi connectivity index (χ3v) is 5.75. The van der Waals surface area contributed by atoms with Crippen LogP contribution < -0.4 is 4.74 Å². The van der Waals surface area contributed by atoms with E-state index < -0.39 is 0 Å². The molecule has 1 N–H and O–H groups in total. The fourth-order valence-corrected chi connectivity index (χ4v) is 3.84. The van der Waals surface area contributed by atoms with Crippen molar-refractivity contribution in [1.29, 1.82) is 5.26 Å². The van der Waals surface area contributed by atoms with Gasteiger partial charge in [-0.25, -0.2) is 0 Å². The van der Waals surface area contributed by atoms with Gasteiger partial charge in [0.2, 0.25) is 0 Å². The Morgan fingerprint density at radius 1 is 1.29 bits per heavy atom. The molecule has 2 heterocycles. The molecule has 8 heteroatoms. The van der Waals surface area contributed by atoms with E-state index in [0.29, 0.717) is 34.3 Å². The number of pyridine rings is 1. The highest BCUT2D eigenvalue weighted by atomic mass is 16.5. The van der Waals surface area contributed by atoms with Crippen LogP contribution in [0.5, 0.6) is 5.75 Å². The summed E-state index contributed by atoms with van der Waals surface area (Å²) in [7, 11) is 1.72. The number of hydrogen-bond acceptors (Lipinski definition) is 5. The second kappa shape index (κ2) is 8.68. The molecule has 1 fully saturated rings. The molecular formula is C26H20N6O2. The van der Waals surface area contributed by atoms with Crippen LogP contribution in [-0.2, 0) is 6.54 Å². The Hall–Kier alpha value is -4.69. The lowest BCUT2D eigenvalue weighted by Crippen LogP contribution is -2.26. The molecule has 0 aliphatic heterocycles. The van der Waals surface area contributed by atoms with E-state index in [1.165, 1.54) is 0 Å². The van der Waals surface area contributed by atoms with Crippen LogP contribution in [0, 0.1) is 17.9 Å². The molecule has 4 aromatic rings. The van der Waals surface area contributed by atoms with E-state index >= 15 is 0 Å². The number of hydrogen-bond donors (Lipinski definition) is 1. The van der Waals surface area contributed by atoms with Crippen molar-refractivity contribution in [3.63, 3.8) is 0 Å². The van der Waals surface area contributed by atoms with Gasteiger partial charge >= 0.3 is 0 Å². The van der Waals surface area contributed by atoms with Gasteiger partial charge in [-0.15, -0.1) is 4.98 Å². The van der Waals surface area contributed by atoms with Gasteiger partial charge in [0.05, 0.1) is 29.8 Å². The minimum atomic E-state index is -0.167. The number of carbonyl (C=O) groups is 1. The van der Waals surface area contributed by atoms with Crippen molar-refractivity contribution in [2.45, 2.75) is 25.5 Å². The maximum atomic E-state index is 13.3. The number of carbonyl (C=O) groups excluding carboxylic acids is 1. The third kappa shape index (κ3) is 4.05. The average Bonchev–Trinajstić information content (AvgIpc) is 3.54. The minimum absolute atomic E-state index is 0.154. The molecule has 1 aliphatic rings. The van der Waals surface area contributed by atoms with Crippen LogP contribution in [0.3, 0.4) is 0 Å². The number of ether oxygens (including phenoxy) is 1. The molecule has 2 aromatic carbocycles. The topological polar surface area (TPSA) is 99.3 Å². The summed E-state index contributed by atoms with van der Waals surface area (Å²) in [5.74, 6) is 0.746. The van der Waals surface area contributed by atoms with Gasteiger partial charge in [0.15, 0.2) is 0 Å². The fourth-order valence-electron chi connectivity index (χ4n) is 3.84. The first-order valence-electron chi connectivity index (χ1n) is 10.8. The van der Waals surface area contributed by atoms with E-state index in [4.69, 9.17) is 11.3 Å². The van der Waals surface area contributed by atoms with Crippen molar-refractivity contribution in [3.8, 4) is 22.9 Å². The Bertz CT molecular complexity index is 1490. The Morgan fingerprint density at radius 2 is 2.15 bits per heavy atom. The molecule has 1 aliphatic carbocycles. The summed E-state index contributed by atoms with van der Waals surface area (Å²) in [4.78, 5) is 22.5. The molecule has 0 saturated heterocycles. The normalized spacial score (nSPS) is 12.7. The van der Waals surface area contributed by atoms with Gasteiger partial charge in [0.1, 0.15) is 11.9 Å². The van der Waals surface area contributed by atoms with Gasteiger partial charge in [-0.3, -0.25) is 9.89 Å². The van der Waals surface area contributed by atoms with E-state index in [-0.39, 0.29) is 17.8 Å². The van der Waals surface area contributed by atoms with Gasteiger partial charge < -0.3 is 14.5 Å². The van der Waals surface area contributed by atoms with Crippen molar-refractivity contribution >= 4 is 22.6 Å². The molecule has 1 amide bonds. The van der Waals surface area contributed by atoms with E-state index in [1.54, 1.807) is 42.5 Å². The second-order valence-electron chi connectivity index (χ2n) is 8.26. The average molecular weight is 448 g/mol. The summed E-state index contributed by atoms with van der Waals surface area (Å²) in [5.41, 5.74) is 4.26. The Balaban J connectivity index is 1.44. The molecule has 0 unspecified atom stereocenters. The van der Waals surface area contributed by atoms with Gasteiger partial charge in [-0.05, 0) is 48.7 Å². The van der Waals surface area contributed by atoms with Gasteiger partial charge in [-0.2, -0.15) is 10.4 Å². The quantitative estimate of drug-likeness (QED) is 0.425. The highest BCUT2D eigenvalue weighted by Gasteiger charge is 2.26. The van der Waals surface area contributed by atoms with Crippen LogP contribution in [0.15, 0.2) is 54.9 Å². The van der Waals surface area contributed by atoms with E-state index in [1.807, 2.05) is 24.3 Å². The molecular weight excluding hydrogens is 428 g/mol. The summed E-state index contributed by atoms with van der Waals surface area (Å²) >= 11 is 0. The predicted molar refractivity (Wildman–Crippen MR) is 126 cm³/mol. The van der Waals surface area contributed by atoms with Crippen molar-refractivity contribution in [2.24, 2.45) is 0 Å². The first-order chi connectivity index (χ1) is 16.6. The minimum Gasteiger partial charge on any atom is -0.490 e. The third-order valence-electron chi connectivity index (χ3n) is 5.75. The molecule has 1 saturated carbocycles. The number of nitrogens with zero attached hydrogens (tertiary/aromatic N) is 5. The highest BCUT2D eigenvalue weighted by Crippen LogP contribution is 2.36. The first kappa shape index (κ1) is 21.2. The zero-order chi connectivity index (χ0) is 23.7. The SMILES string of the molecule is [C-]#[N+]c1ncc(CN(C)C(=O)c2ccc(-c3cccc(C#N)c3)c(OC3CC3)c2)c2[nH]ncc12. The Morgan fingerprint density at radius 3 is 2.91 bits per heavy atom. The molecule has 0 radical (unpaired) electrons. The van der Waals surface area contributed by atoms with Crippen LogP contribution in [0.1, 0.15) is 34.3 Å². The maximum absolute atomic E-state index is 13.3. The van der Waals surface area contributed by atoms with Crippen LogP contribution >= 0.6 is 0 Å². The number of aromatic nitrogens is 3. The lowest BCUT2D eigenvalue weighted by molar-refractivity contribution is 0.0785. The van der Waals surface area contributed by atoms with Gasteiger partial charge in [0.25, 0.3) is 11.7 Å². The smallest absolute Gasteiger partial charge is 0.280 e. The zero-order valence-corrected chi connectivity index (χ0v) is 18.4. The Labute approximate surface area is 196 Å². The summed E-state index contributed by atoms with van der Waals surface area (Å²) in [6, 6.07) is 14.9. The monoisotopic (exact) mass is 448 g/mol. The van der Waals surface area contributed by atoms with E-state index in [2.05, 4.69) is 26.1 Å². The second-order valence-corrected chi connectivity index (χ2v) is 8.26. The molecule has 0 bridgehead atoms. The molecule has 0 spiro atoms. The van der Waals surface area contributed by atoms with E-state index in [9.17, 15) is 10.1 Å². The van der Waals surface area contributed by atoms with Crippen molar-refractivity contribution in [1.82, 2.24) is 20.1 Å². The number of aromatic amines is 1. The molecule has 166 valence electrons. The van der Waals surface area contributed by atoms with Crippen LogP contribution in [0.4, 0.5) is 5.82 Å². The van der Waals surface area contributed by atoms with E-state index in [0.717, 1.165) is 29.5 Å². The van der Waals surface area contributed by atoms with Gasteiger partial charge in [0, 0.05) is 35.3 Å². The van der Waals surface area contributed by atoms with Crippen molar-refractivity contribution in [3.05, 3.63) is 83.0 Å². The maximum Gasteiger partial charge on any atom is 0.280 e. The lowest BCUT2D eigenvalue weighted by Gasteiger charge is -2.19. The molecule has 8 nitrogen and oxygen atoms in total. The largest absolute Gasteiger partial charge is 0.490 e. The number of rotatable bonds is 6. The van der Waals surface area contributed by atoms with Crippen LogP contribution in [-0.4, -0.2) is 39.1 Å². The standard InChI is InChI=1S/C26H20N6O2/c1-28-25-22-14-30-31-24(22)19(13-29-25)15-32(2)26(33)18-6-9-21(23(11-18)34-20-7-8-20)17-5-3-4-16(10-17)12-27/h3-6,9-11,13-14,20H,7-8,15H2,2H3,(H,30,31). The molecule has 0 atom stereocenters. The summed E-state index contributed by atoms with van der Waals surface area (Å²) in [6.45, 7) is 7.56. The van der Waals surface area contributed by atoms with Crippen molar-refractivity contribution < 1.29 is 9.53 Å². The summed E-state index contributed by atoms with van der Waals surface area (Å²) in [5, 5.41) is 16.8. The van der Waals surface area contributed by atoms with Gasteiger partial charge in [-0.1, -0.05) is 18.7 Å². The number of H-pyrrole nitrogens is 1. The fraction of sp³-hybridized carbons (Fsp3) is 0.192. The molecule has 5 rings (SSSR count). The molecule has 34 heavy (non-hydrogen) atoms. The first-order valence-corrected chi connectivity index (χ1v) is 10.8. The summed E-state index contributed by atoms with van der Waals surface area (Å²) < 4.78 is 6.14. The number of amides is 1. The number of fused-ring (bicyclic) bond motifs is 1. The highest BCUT2D eigenvalue weighted by molar-refractivity contribution is 5.96. The van der Waals surface area contributed by atoms with Crippen LogP contribution in [0.25, 0.3) is 26.9 Å². The summed E-state index contributed by atoms with van der Waals surface area (Å²) in [6.07, 6.45) is 5.31. The number of benzene rings is 2. The number of nitriles is 1. The lowest BCUT2D eigenvalue weighted by atomic mass is 10.0. The number of nitrogens with one attached hydrogen (secondary N) is 1. The van der Waals surface area contributed by atoms with Crippen LogP contribution in [0.2, 0.25) is 0 Å². The molecule has 2 aromatic heterocycles. The van der Waals surface area contributed by atoms with Crippen molar-refractivity contribution in [2.75, 3.05) is 7.05 Å². The zero-order valence-electron chi connectivity index (χ0n) is 18.4. The predicted octanol–water partition coefficient (Wildman–Crippen LogP) is 4.86.